The van der Waals surface area contributed by atoms with Gasteiger partial charge in [0.15, 0.2) is 0 Å². The van der Waals surface area contributed by atoms with Crippen molar-refractivity contribution in [3.63, 3.8) is 0 Å². The molecule has 1 aliphatic rings. The van der Waals surface area contributed by atoms with Gasteiger partial charge in [-0.3, -0.25) is 9.10 Å². The lowest BCUT2D eigenvalue weighted by atomic mass is 10.1. The maximum absolute atomic E-state index is 13.4. The zero-order valence-electron chi connectivity index (χ0n) is 17.9. The number of anilines is 2. The van der Waals surface area contributed by atoms with Crippen molar-refractivity contribution in [2.75, 3.05) is 41.6 Å². The molecule has 2 aromatic rings. The van der Waals surface area contributed by atoms with Crippen molar-refractivity contribution < 1.29 is 13.2 Å². The van der Waals surface area contributed by atoms with Crippen LogP contribution in [0.5, 0.6) is 0 Å². The van der Waals surface area contributed by atoms with Crippen LogP contribution in [0.4, 0.5) is 11.4 Å². The minimum absolute atomic E-state index is 0.189. The Morgan fingerprint density at radius 2 is 1.61 bits per heavy atom. The van der Waals surface area contributed by atoms with Crippen LogP contribution in [0.2, 0.25) is 10.0 Å². The summed E-state index contributed by atoms with van der Waals surface area (Å²) in [6, 6.07) is 11.5. The highest BCUT2D eigenvalue weighted by atomic mass is 35.5. The first kappa shape index (κ1) is 23.7. The normalized spacial score (nSPS) is 15.6. The number of sulfonamides is 1. The monoisotopic (exact) mass is 483 g/mol. The van der Waals surface area contributed by atoms with Gasteiger partial charge in [0.25, 0.3) is 0 Å². The van der Waals surface area contributed by atoms with E-state index in [4.69, 9.17) is 23.2 Å². The Hall–Kier alpha value is -1.96. The van der Waals surface area contributed by atoms with Crippen LogP contribution >= 0.6 is 23.2 Å². The molecule has 168 valence electrons. The van der Waals surface area contributed by atoms with Gasteiger partial charge >= 0.3 is 0 Å². The van der Waals surface area contributed by atoms with Crippen LogP contribution in [0.1, 0.15) is 18.9 Å². The van der Waals surface area contributed by atoms with Gasteiger partial charge in [0.2, 0.25) is 15.9 Å². The van der Waals surface area contributed by atoms with E-state index in [-0.39, 0.29) is 5.91 Å². The van der Waals surface area contributed by atoms with E-state index >= 15 is 0 Å². The van der Waals surface area contributed by atoms with Crippen LogP contribution in [-0.2, 0) is 14.8 Å². The van der Waals surface area contributed by atoms with Crippen LogP contribution in [0.25, 0.3) is 0 Å². The SMILES string of the molecule is CC[C@@H](C(=O)N1CCN(c2cc(Cl)ccc2C)CC1)N(c1ccc(Cl)cc1)S(C)(=O)=O. The molecule has 1 fully saturated rings. The van der Waals surface area contributed by atoms with Crippen molar-refractivity contribution in [3.8, 4) is 0 Å². The van der Waals surface area contributed by atoms with Gasteiger partial charge in [0, 0.05) is 41.9 Å². The first-order chi connectivity index (χ1) is 14.6. The quantitative estimate of drug-likeness (QED) is 0.617. The van der Waals surface area contributed by atoms with Crippen molar-refractivity contribution in [1.29, 1.82) is 0 Å². The molecule has 6 nitrogen and oxygen atoms in total. The van der Waals surface area contributed by atoms with Crippen molar-refractivity contribution in [2.24, 2.45) is 0 Å². The van der Waals surface area contributed by atoms with Crippen molar-refractivity contribution >= 4 is 50.5 Å². The number of piperazine rings is 1. The van der Waals surface area contributed by atoms with Gasteiger partial charge in [-0.25, -0.2) is 8.42 Å². The minimum Gasteiger partial charge on any atom is -0.368 e. The Kier molecular flexibility index (Phi) is 7.39. The number of amides is 1. The van der Waals surface area contributed by atoms with Crippen LogP contribution < -0.4 is 9.21 Å². The highest BCUT2D eigenvalue weighted by Crippen LogP contribution is 2.28. The topological polar surface area (TPSA) is 60.9 Å². The molecule has 0 aliphatic carbocycles. The van der Waals surface area contributed by atoms with Gasteiger partial charge in [-0.05, 0) is 55.3 Å². The number of aryl methyl sites for hydroxylation is 1. The second-order valence-corrected chi connectivity index (χ2v) is 10.4. The van der Waals surface area contributed by atoms with Crippen molar-refractivity contribution in [2.45, 2.75) is 26.3 Å². The number of hydrogen-bond acceptors (Lipinski definition) is 4. The highest BCUT2D eigenvalue weighted by molar-refractivity contribution is 7.92. The lowest BCUT2D eigenvalue weighted by Gasteiger charge is -2.40. The van der Waals surface area contributed by atoms with Crippen LogP contribution in [-0.4, -0.2) is 57.7 Å². The van der Waals surface area contributed by atoms with E-state index in [1.54, 1.807) is 29.2 Å². The summed E-state index contributed by atoms with van der Waals surface area (Å²) in [7, 11) is -3.67. The van der Waals surface area contributed by atoms with Gasteiger partial charge in [-0.2, -0.15) is 0 Å². The second-order valence-electron chi connectivity index (χ2n) is 7.70. The molecule has 0 unspecified atom stereocenters. The molecule has 0 N–H and O–H groups in total. The predicted molar refractivity (Wildman–Crippen MR) is 128 cm³/mol. The lowest BCUT2D eigenvalue weighted by Crippen LogP contribution is -2.56. The Balaban J connectivity index is 1.78. The summed E-state index contributed by atoms with van der Waals surface area (Å²) in [6.45, 7) is 6.19. The van der Waals surface area contributed by atoms with Gasteiger partial charge in [0.05, 0.1) is 11.9 Å². The number of carbonyl (C=O) groups is 1. The molecule has 0 aromatic heterocycles. The van der Waals surface area contributed by atoms with Crippen LogP contribution in [0.3, 0.4) is 0 Å². The number of rotatable bonds is 6. The van der Waals surface area contributed by atoms with E-state index in [9.17, 15) is 13.2 Å². The number of hydrogen-bond donors (Lipinski definition) is 0. The largest absolute Gasteiger partial charge is 0.368 e. The summed E-state index contributed by atoms with van der Waals surface area (Å²) in [5, 5.41) is 1.18. The highest BCUT2D eigenvalue weighted by Gasteiger charge is 2.35. The summed E-state index contributed by atoms with van der Waals surface area (Å²) in [6.07, 6.45) is 1.49. The predicted octanol–water partition coefficient (Wildman–Crippen LogP) is 4.20. The first-order valence-electron chi connectivity index (χ1n) is 10.2. The molecule has 2 aromatic carbocycles. The van der Waals surface area contributed by atoms with E-state index < -0.39 is 16.1 Å². The molecule has 1 saturated heterocycles. The van der Waals surface area contributed by atoms with Gasteiger partial charge < -0.3 is 9.80 Å². The molecule has 1 heterocycles. The van der Waals surface area contributed by atoms with E-state index in [2.05, 4.69) is 4.90 Å². The zero-order chi connectivity index (χ0) is 22.8. The third kappa shape index (κ3) is 5.45. The van der Waals surface area contributed by atoms with Gasteiger partial charge in [-0.1, -0.05) is 36.2 Å². The second kappa shape index (κ2) is 9.67. The van der Waals surface area contributed by atoms with Crippen molar-refractivity contribution in [1.82, 2.24) is 4.90 Å². The average Bonchev–Trinajstić information content (AvgIpc) is 2.73. The Morgan fingerprint density at radius 1 is 1.03 bits per heavy atom. The van der Waals surface area contributed by atoms with E-state index in [1.165, 1.54) is 4.31 Å². The summed E-state index contributed by atoms with van der Waals surface area (Å²) in [5.74, 6) is -0.189. The van der Waals surface area contributed by atoms with Crippen LogP contribution in [0, 0.1) is 6.92 Å². The van der Waals surface area contributed by atoms with E-state index in [0.717, 1.165) is 17.5 Å². The number of benzene rings is 2. The van der Waals surface area contributed by atoms with E-state index in [0.29, 0.717) is 48.3 Å². The minimum atomic E-state index is -3.67. The molecular weight excluding hydrogens is 457 g/mol. The summed E-state index contributed by atoms with van der Waals surface area (Å²) >= 11 is 12.1. The fraction of sp³-hybridized carbons (Fsp3) is 0.409. The molecule has 0 saturated carbocycles. The first-order valence-corrected chi connectivity index (χ1v) is 12.8. The van der Waals surface area contributed by atoms with Crippen molar-refractivity contribution in [3.05, 3.63) is 58.1 Å². The summed E-state index contributed by atoms with van der Waals surface area (Å²) in [5.41, 5.74) is 2.62. The maximum Gasteiger partial charge on any atom is 0.246 e. The molecule has 1 aliphatic heterocycles. The fourth-order valence-corrected chi connectivity index (χ4v) is 5.43. The molecule has 1 amide bonds. The molecule has 3 rings (SSSR count). The molecule has 31 heavy (non-hydrogen) atoms. The third-order valence-corrected chi connectivity index (χ3v) is 7.16. The molecular formula is C22H27Cl2N3O3S. The molecule has 0 radical (unpaired) electrons. The third-order valence-electron chi connectivity index (χ3n) is 5.50. The van der Waals surface area contributed by atoms with Gasteiger partial charge in [0.1, 0.15) is 6.04 Å². The molecule has 9 heteroatoms. The average molecular weight is 484 g/mol. The zero-order valence-corrected chi connectivity index (χ0v) is 20.2. The summed E-state index contributed by atoms with van der Waals surface area (Å²) < 4.78 is 26.4. The number of nitrogens with zero attached hydrogens (tertiary/aromatic N) is 3. The molecule has 0 bridgehead atoms. The standard InChI is InChI=1S/C22H27Cl2N3O3S/c1-4-20(27(31(3,29)30)19-9-7-17(23)8-10-19)22(28)26-13-11-25(12-14-26)21-15-18(24)6-5-16(21)2/h5-10,15,20H,4,11-14H2,1-3H3/t20-/m0/s1. The van der Waals surface area contributed by atoms with E-state index in [1.807, 2.05) is 32.0 Å². The fourth-order valence-electron chi connectivity index (χ4n) is 3.93. The molecule has 0 spiro atoms. The Labute approximate surface area is 194 Å². The number of carbonyl (C=O) groups excluding carboxylic acids is 1. The Morgan fingerprint density at radius 3 is 2.16 bits per heavy atom. The number of halogens is 2. The smallest absolute Gasteiger partial charge is 0.246 e. The lowest BCUT2D eigenvalue weighted by molar-refractivity contribution is -0.132. The summed E-state index contributed by atoms with van der Waals surface area (Å²) in [4.78, 5) is 17.3. The van der Waals surface area contributed by atoms with Gasteiger partial charge in [-0.15, -0.1) is 0 Å². The maximum atomic E-state index is 13.4. The van der Waals surface area contributed by atoms with Crippen LogP contribution in [0.15, 0.2) is 42.5 Å². The Bertz CT molecular complexity index is 1040. The molecule has 1 atom stereocenters.